The van der Waals surface area contributed by atoms with Crippen molar-refractivity contribution in [2.45, 2.75) is 13.1 Å². The van der Waals surface area contributed by atoms with Gasteiger partial charge < -0.3 is 10.1 Å². The number of alkyl halides is 3. The third-order valence-corrected chi connectivity index (χ3v) is 3.20. The third kappa shape index (κ3) is 2.38. The van der Waals surface area contributed by atoms with E-state index in [1.807, 2.05) is 0 Å². The highest BCUT2D eigenvalue weighted by molar-refractivity contribution is 6.33. The molecule has 0 saturated heterocycles. The average molecular weight is 304 g/mol. The van der Waals surface area contributed by atoms with Crippen molar-refractivity contribution in [3.05, 3.63) is 46.1 Å². The van der Waals surface area contributed by atoms with E-state index in [4.69, 9.17) is 16.7 Å². The van der Waals surface area contributed by atoms with Gasteiger partial charge in [0.05, 0.1) is 16.8 Å². The number of rotatable bonds is 2. The smallest absolute Gasteiger partial charge is 0.417 e. The third-order valence-electron chi connectivity index (χ3n) is 2.92. The van der Waals surface area contributed by atoms with E-state index in [1.54, 1.807) is 0 Å². The summed E-state index contributed by atoms with van der Waals surface area (Å²) >= 11 is 5.74. The van der Waals surface area contributed by atoms with Crippen LogP contribution in [-0.2, 0) is 6.18 Å². The van der Waals surface area contributed by atoms with E-state index in [0.29, 0.717) is 0 Å². The minimum absolute atomic E-state index is 0.0559. The van der Waals surface area contributed by atoms with E-state index >= 15 is 0 Å². The van der Waals surface area contributed by atoms with Crippen molar-refractivity contribution in [1.82, 2.24) is 4.98 Å². The molecule has 20 heavy (non-hydrogen) atoms. The van der Waals surface area contributed by atoms with Crippen LogP contribution in [0, 0.1) is 6.92 Å². The van der Waals surface area contributed by atoms with Crippen LogP contribution in [0.2, 0.25) is 5.15 Å². The number of benzene rings is 1. The number of hydrogen-bond acceptors (Lipinski definition) is 1. The number of carboxylic acid groups (broad SMARTS) is 1. The van der Waals surface area contributed by atoms with Gasteiger partial charge in [-0.05, 0) is 18.6 Å². The predicted molar refractivity (Wildman–Crippen MR) is 67.9 cm³/mol. The Balaban J connectivity index is 2.71. The first-order valence-electron chi connectivity index (χ1n) is 5.51. The number of nitrogens with one attached hydrogen (secondary N) is 1. The maximum absolute atomic E-state index is 13.0. The van der Waals surface area contributed by atoms with Crippen molar-refractivity contribution >= 4 is 17.6 Å². The minimum atomic E-state index is -4.54. The molecule has 0 spiro atoms. The molecule has 0 amide bonds. The maximum Gasteiger partial charge on any atom is 0.417 e. The number of carbonyl (C=O) groups is 1. The lowest BCUT2D eigenvalue weighted by Gasteiger charge is -2.12. The molecule has 0 aliphatic heterocycles. The molecule has 0 aliphatic carbocycles. The Morgan fingerprint density at radius 2 is 1.90 bits per heavy atom. The Bertz CT molecular complexity index is 677. The molecular weight excluding hydrogens is 295 g/mol. The van der Waals surface area contributed by atoms with Gasteiger partial charge in [-0.15, -0.1) is 0 Å². The highest BCUT2D eigenvalue weighted by Gasteiger charge is 2.34. The van der Waals surface area contributed by atoms with Crippen LogP contribution >= 0.6 is 11.6 Å². The fourth-order valence-corrected chi connectivity index (χ4v) is 2.34. The second-order valence-corrected chi connectivity index (χ2v) is 4.54. The molecule has 0 radical (unpaired) electrons. The molecule has 0 saturated carbocycles. The molecule has 3 nitrogen and oxygen atoms in total. The van der Waals surface area contributed by atoms with Crippen molar-refractivity contribution in [2.75, 3.05) is 0 Å². The van der Waals surface area contributed by atoms with Crippen LogP contribution in [0.25, 0.3) is 11.3 Å². The zero-order chi connectivity index (χ0) is 15.1. The van der Waals surface area contributed by atoms with Gasteiger partial charge in [-0.3, -0.25) is 0 Å². The van der Waals surface area contributed by atoms with Crippen molar-refractivity contribution in [1.29, 1.82) is 0 Å². The van der Waals surface area contributed by atoms with Crippen molar-refractivity contribution in [3.63, 3.8) is 0 Å². The van der Waals surface area contributed by atoms with Gasteiger partial charge in [0, 0.05) is 5.56 Å². The van der Waals surface area contributed by atoms with E-state index in [2.05, 4.69) is 4.98 Å². The summed E-state index contributed by atoms with van der Waals surface area (Å²) in [6, 6.07) is 4.91. The summed E-state index contributed by atoms with van der Waals surface area (Å²) < 4.78 is 38.9. The summed E-state index contributed by atoms with van der Waals surface area (Å²) in [5.41, 5.74) is -0.983. The van der Waals surface area contributed by atoms with Gasteiger partial charge in [0.25, 0.3) is 0 Å². The second kappa shape index (κ2) is 4.86. The van der Waals surface area contributed by atoms with E-state index in [-0.39, 0.29) is 27.5 Å². The van der Waals surface area contributed by atoms with Crippen LogP contribution in [0.5, 0.6) is 0 Å². The van der Waals surface area contributed by atoms with Gasteiger partial charge in [0.15, 0.2) is 0 Å². The fraction of sp³-hybridized carbons (Fsp3) is 0.154. The molecule has 106 valence electrons. The molecule has 0 fully saturated rings. The second-order valence-electron chi connectivity index (χ2n) is 4.16. The number of halogens is 4. The number of aromatic carboxylic acids is 1. The summed E-state index contributed by atoms with van der Waals surface area (Å²) in [4.78, 5) is 13.6. The van der Waals surface area contributed by atoms with Gasteiger partial charge >= 0.3 is 12.1 Å². The average Bonchev–Trinajstić information content (AvgIpc) is 2.63. The Morgan fingerprint density at radius 1 is 1.30 bits per heavy atom. The lowest BCUT2D eigenvalue weighted by molar-refractivity contribution is -0.137. The van der Waals surface area contributed by atoms with Gasteiger partial charge in [0.1, 0.15) is 5.15 Å². The minimum Gasteiger partial charge on any atom is -0.478 e. The maximum atomic E-state index is 13.0. The fourth-order valence-electron chi connectivity index (χ4n) is 2.03. The quantitative estimate of drug-likeness (QED) is 0.866. The Kier molecular flexibility index (Phi) is 3.52. The highest BCUT2D eigenvalue weighted by atomic mass is 35.5. The number of hydrogen-bond donors (Lipinski definition) is 2. The molecule has 0 atom stereocenters. The van der Waals surface area contributed by atoms with E-state index in [1.165, 1.54) is 25.1 Å². The summed E-state index contributed by atoms with van der Waals surface area (Å²) in [6.45, 7) is 1.41. The topological polar surface area (TPSA) is 53.1 Å². The SMILES string of the molecule is Cc1c(-c2ccccc2C(F)(F)F)[nH]c(Cl)c1C(=O)O. The van der Waals surface area contributed by atoms with Crippen molar-refractivity contribution in [2.24, 2.45) is 0 Å². The van der Waals surface area contributed by atoms with Crippen LogP contribution in [0.15, 0.2) is 24.3 Å². The summed E-state index contributed by atoms with van der Waals surface area (Å²) in [6.07, 6.45) is -4.54. The summed E-state index contributed by atoms with van der Waals surface area (Å²) in [7, 11) is 0. The van der Waals surface area contributed by atoms with Crippen LogP contribution in [0.3, 0.4) is 0 Å². The molecule has 1 aromatic heterocycles. The van der Waals surface area contributed by atoms with Gasteiger partial charge in [-0.25, -0.2) is 4.79 Å². The number of aromatic nitrogens is 1. The monoisotopic (exact) mass is 303 g/mol. The van der Waals surface area contributed by atoms with Crippen molar-refractivity contribution in [3.8, 4) is 11.3 Å². The Hall–Kier alpha value is -1.95. The molecule has 2 rings (SSSR count). The molecule has 2 aromatic rings. The largest absolute Gasteiger partial charge is 0.478 e. The van der Waals surface area contributed by atoms with Crippen LogP contribution in [0.4, 0.5) is 13.2 Å². The van der Waals surface area contributed by atoms with Gasteiger partial charge in [-0.2, -0.15) is 13.2 Å². The molecule has 1 heterocycles. The first-order chi connectivity index (χ1) is 9.23. The lowest BCUT2D eigenvalue weighted by atomic mass is 10.0. The molecule has 7 heteroatoms. The van der Waals surface area contributed by atoms with E-state index < -0.39 is 17.7 Å². The molecule has 2 N–H and O–H groups in total. The van der Waals surface area contributed by atoms with Gasteiger partial charge in [0.2, 0.25) is 0 Å². The number of aromatic amines is 1. The molecule has 1 aromatic carbocycles. The number of H-pyrrole nitrogens is 1. The van der Waals surface area contributed by atoms with E-state index in [0.717, 1.165) is 6.07 Å². The zero-order valence-corrected chi connectivity index (χ0v) is 10.9. The number of carboxylic acids is 1. The first kappa shape index (κ1) is 14.5. The van der Waals surface area contributed by atoms with Crippen LogP contribution < -0.4 is 0 Å². The highest BCUT2D eigenvalue weighted by Crippen LogP contribution is 2.39. The van der Waals surface area contributed by atoms with Gasteiger partial charge in [-0.1, -0.05) is 29.8 Å². The first-order valence-corrected chi connectivity index (χ1v) is 5.89. The zero-order valence-electron chi connectivity index (χ0n) is 10.2. The predicted octanol–water partition coefficient (Wildman–Crippen LogP) is 4.36. The Morgan fingerprint density at radius 3 is 2.40 bits per heavy atom. The molecule has 0 aliphatic rings. The van der Waals surface area contributed by atoms with E-state index in [9.17, 15) is 18.0 Å². The normalized spacial score (nSPS) is 11.7. The summed E-state index contributed by atoms with van der Waals surface area (Å²) in [5.74, 6) is -1.29. The molecule has 0 unspecified atom stereocenters. The lowest BCUT2D eigenvalue weighted by Crippen LogP contribution is -2.07. The summed E-state index contributed by atoms with van der Waals surface area (Å²) in [5, 5.41) is 8.82. The Labute approximate surface area is 117 Å². The standard InChI is InChI=1S/C13H9ClF3NO2/c1-6-9(12(19)20)11(14)18-10(6)7-4-2-3-5-8(7)13(15,16)17/h2-5,18H,1H3,(H,19,20). The molecule has 0 bridgehead atoms. The molecular formula is C13H9ClF3NO2. The van der Waals surface area contributed by atoms with Crippen LogP contribution in [0.1, 0.15) is 21.5 Å². The van der Waals surface area contributed by atoms with Crippen molar-refractivity contribution < 1.29 is 23.1 Å². The van der Waals surface area contributed by atoms with Crippen LogP contribution in [-0.4, -0.2) is 16.1 Å².